The second kappa shape index (κ2) is 6.99. The lowest BCUT2D eigenvalue weighted by atomic mass is 9.79. The van der Waals surface area contributed by atoms with Crippen LogP contribution >= 0.6 is 0 Å². The van der Waals surface area contributed by atoms with Gasteiger partial charge in [0.2, 0.25) is 0 Å². The minimum atomic E-state index is -0.932. The van der Waals surface area contributed by atoms with Crippen molar-refractivity contribution in [2.75, 3.05) is 18.1 Å². The Bertz CT molecular complexity index is 944. The van der Waals surface area contributed by atoms with E-state index in [4.69, 9.17) is 4.74 Å². The highest BCUT2D eigenvalue weighted by molar-refractivity contribution is 6.10. The van der Waals surface area contributed by atoms with Gasteiger partial charge in [-0.1, -0.05) is 48.5 Å². The van der Waals surface area contributed by atoms with E-state index in [1.54, 1.807) is 0 Å². The summed E-state index contributed by atoms with van der Waals surface area (Å²) in [7, 11) is 0. The molecule has 5 rings (SSSR count). The Kier molecular flexibility index (Phi) is 4.43. The van der Waals surface area contributed by atoms with Crippen LogP contribution in [0.5, 0.6) is 0 Å². The monoisotopic (exact) mass is 390 g/mol. The van der Waals surface area contributed by atoms with Crippen LogP contribution in [0.25, 0.3) is 0 Å². The molecule has 0 N–H and O–H groups in total. The summed E-state index contributed by atoms with van der Waals surface area (Å²) in [6.45, 7) is 3.51. The van der Waals surface area contributed by atoms with E-state index in [-0.39, 0.29) is 17.9 Å². The van der Waals surface area contributed by atoms with Gasteiger partial charge in [0.1, 0.15) is 5.54 Å². The number of rotatable bonds is 4. The molecular formula is C24H26N2O3. The summed E-state index contributed by atoms with van der Waals surface area (Å²) >= 11 is 0. The topological polar surface area (TPSA) is 49.9 Å². The molecular weight excluding hydrogens is 364 g/mol. The smallest absolute Gasteiger partial charge is 0.311 e. The van der Waals surface area contributed by atoms with E-state index in [9.17, 15) is 9.59 Å². The first kappa shape index (κ1) is 18.4. The van der Waals surface area contributed by atoms with Crippen molar-refractivity contribution in [3.63, 3.8) is 0 Å². The maximum Gasteiger partial charge on any atom is 0.311 e. The van der Waals surface area contributed by atoms with Crippen molar-refractivity contribution < 1.29 is 14.3 Å². The summed E-state index contributed by atoms with van der Waals surface area (Å²) in [6.07, 6.45) is 2.79. The first-order valence-electron chi connectivity index (χ1n) is 10.6. The van der Waals surface area contributed by atoms with Gasteiger partial charge in [-0.15, -0.1) is 0 Å². The maximum absolute atomic E-state index is 14.1. The van der Waals surface area contributed by atoms with E-state index in [1.165, 1.54) is 0 Å². The number of amides is 1. The van der Waals surface area contributed by atoms with Crippen molar-refractivity contribution in [1.29, 1.82) is 0 Å². The zero-order chi connectivity index (χ0) is 20.0. The zero-order valence-corrected chi connectivity index (χ0v) is 16.7. The fourth-order valence-electron chi connectivity index (χ4n) is 5.70. The predicted octanol–water partition coefficient (Wildman–Crippen LogP) is 3.48. The van der Waals surface area contributed by atoms with Gasteiger partial charge in [-0.05, 0) is 44.4 Å². The molecule has 2 saturated heterocycles. The van der Waals surface area contributed by atoms with E-state index in [0.717, 1.165) is 36.2 Å². The summed E-state index contributed by atoms with van der Waals surface area (Å²) in [5, 5.41) is 0. The van der Waals surface area contributed by atoms with Crippen LogP contribution in [-0.4, -0.2) is 36.0 Å². The molecule has 2 aromatic rings. The van der Waals surface area contributed by atoms with Gasteiger partial charge in [0.25, 0.3) is 5.91 Å². The zero-order valence-electron chi connectivity index (χ0n) is 16.7. The third kappa shape index (κ3) is 2.57. The van der Waals surface area contributed by atoms with Crippen molar-refractivity contribution in [3.8, 4) is 0 Å². The first-order valence-corrected chi connectivity index (χ1v) is 10.6. The van der Waals surface area contributed by atoms with Gasteiger partial charge in [0.15, 0.2) is 0 Å². The van der Waals surface area contributed by atoms with Gasteiger partial charge in [-0.25, -0.2) is 0 Å². The summed E-state index contributed by atoms with van der Waals surface area (Å²) < 4.78 is 5.46. The van der Waals surface area contributed by atoms with Crippen molar-refractivity contribution in [3.05, 3.63) is 65.7 Å². The van der Waals surface area contributed by atoms with Crippen LogP contribution < -0.4 is 4.90 Å². The number of para-hydroxylation sites is 1. The lowest BCUT2D eigenvalue weighted by Crippen LogP contribution is -2.54. The molecule has 0 aromatic heterocycles. The number of esters is 1. The average Bonchev–Trinajstić information content (AvgIpc) is 3.39. The lowest BCUT2D eigenvalue weighted by Gasteiger charge is -2.37. The molecule has 29 heavy (non-hydrogen) atoms. The Hall–Kier alpha value is -2.66. The van der Waals surface area contributed by atoms with Crippen LogP contribution in [0, 0.1) is 5.92 Å². The molecule has 2 fully saturated rings. The van der Waals surface area contributed by atoms with Gasteiger partial charge >= 0.3 is 5.97 Å². The minimum absolute atomic E-state index is 0.0185. The summed E-state index contributed by atoms with van der Waals surface area (Å²) in [4.78, 5) is 31.3. The molecule has 3 atom stereocenters. The number of hydrogen-bond donors (Lipinski definition) is 0. The standard InChI is InChI=1S/C24H26N2O3/c1-2-29-22(27)20-15-18-11-8-14-26(18)24(20)19-12-6-7-13-21(19)25(23(24)28)16-17-9-4-3-5-10-17/h3-7,9-10,12-13,18,20H,2,8,11,14-16H2,1H3/t18-,20-,24+/m0/s1. The maximum atomic E-state index is 14.1. The van der Waals surface area contributed by atoms with Crippen LogP contribution in [0.1, 0.15) is 37.3 Å². The van der Waals surface area contributed by atoms with Crippen LogP contribution in [-0.2, 0) is 26.4 Å². The van der Waals surface area contributed by atoms with Crippen LogP contribution in [0.15, 0.2) is 54.6 Å². The number of carbonyl (C=O) groups excluding carboxylic acids is 2. The minimum Gasteiger partial charge on any atom is -0.466 e. The number of fused-ring (bicyclic) bond motifs is 4. The number of benzene rings is 2. The fourth-order valence-corrected chi connectivity index (χ4v) is 5.70. The quantitative estimate of drug-likeness (QED) is 0.750. The molecule has 3 heterocycles. The summed E-state index contributed by atoms with van der Waals surface area (Å²) in [5.74, 6) is -0.682. The largest absolute Gasteiger partial charge is 0.466 e. The number of ether oxygens (including phenoxy) is 1. The SMILES string of the molecule is CCOC(=O)[C@@H]1C[C@@H]2CCCN2[C@@]12C(=O)N(Cc1ccccc1)c1ccccc12. The molecule has 2 aromatic carbocycles. The summed E-state index contributed by atoms with van der Waals surface area (Å²) in [5.41, 5.74) is 2.03. The van der Waals surface area contributed by atoms with Crippen molar-refractivity contribution >= 4 is 17.6 Å². The van der Waals surface area contributed by atoms with Crippen LogP contribution in [0.4, 0.5) is 5.69 Å². The van der Waals surface area contributed by atoms with Crippen molar-refractivity contribution in [2.24, 2.45) is 5.92 Å². The first-order chi connectivity index (χ1) is 14.2. The molecule has 5 heteroatoms. The van der Waals surface area contributed by atoms with Gasteiger partial charge in [-0.2, -0.15) is 0 Å². The van der Waals surface area contributed by atoms with Crippen LogP contribution in [0.2, 0.25) is 0 Å². The molecule has 0 saturated carbocycles. The molecule has 5 nitrogen and oxygen atoms in total. The molecule has 0 radical (unpaired) electrons. The predicted molar refractivity (Wildman–Crippen MR) is 110 cm³/mol. The normalized spacial score (nSPS) is 28.0. The second-order valence-electron chi connectivity index (χ2n) is 8.19. The van der Waals surface area contributed by atoms with Crippen molar-refractivity contribution in [1.82, 2.24) is 4.90 Å². The lowest BCUT2D eigenvalue weighted by molar-refractivity contribution is -0.155. The van der Waals surface area contributed by atoms with Gasteiger partial charge < -0.3 is 9.64 Å². The fraction of sp³-hybridized carbons (Fsp3) is 0.417. The van der Waals surface area contributed by atoms with Gasteiger partial charge in [0, 0.05) is 17.3 Å². The molecule has 0 aliphatic carbocycles. The number of anilines is 1. The molecule has 3 aliphatic heterocycles. The molecule has 3 aliphatic rings. The van der Waals surface area contributed by atoms with E-state index in [0.29, 0.717) is 19.6 Å². The van der Waals surface area contributed by atoms with Crippen molar-refractivity contribution in [2.45, 2.75) is 44.3 Å². The highest BCUT2D eigenvalue weighted by Crippen LogP contribution is 2.57. The Labute approximate surface area is 171 Å². The average molecular weight is 390 g/mol. The van der Waals surface area contributed by atoms with Crippen LogP contribution in [0.3, 0.4) is 0 Å². The molecule has 150 valence electrons. The molecule has 1 spiro atoms. The Morgan fingerprint density at radius 2 is 1.90 bits per heavy atom. The molecule has 0 unspecified atom stereocenters. The Balaban J connectivity index is 1.64. The van der Waals surface area contributed by atoms with E-state index in [2.05, 4.69) is 4.90 Å². The van der Waals surface area contributed by atoms with E-state index < -0.39 is 11.5 Å². The van der Waals surface area contributed by atoms with E-state index >= 15 is 0 Å². The third-order valence-corrected chi connectivity index (χ3v) is 6.77. The number of nitrogens with zero attached hydrogens (tertiary/aromatic N) is 2. The summed E-state index contributed by atoms with van der Waals surface area (Å²) in [6, 6.07) is 18.3. The highest BCUT2D eigenvalue weighted by atomic mass is 16.5. The molecule has 0 bridgehead atoms. The number of carbonyl (C=O) groups is 2. The number of hydrogen-bond acceptors (Lipinski definition) is 4. The Morgan fingerprint density at radius 1 is 1.14 bits per heavy atom. The van der Waals surface area contributed by atoms with E-state index in [1.807, 2.05) is 66.4 Å². The second-order valence-corrected chi connectivity index (χ2v) is 8.19. The highest BCUT2D eigenvalue weighted by Gasteiger charge is 2.67. The molecule has 1 amide bonds. The Morgan fingerprint density at radius 3 is 2.69 bits per heavy atom. The van der Waals surface area contributed by atoms with Gasteiger partial charge in [-0.3, -0.25) is 14.5 Å². The van der Waals surface area contributed by atoms with Gasteiger partial charge in [0.05, 0.1) is 19.1 Å². The third-order valence-electron chi connectivity index (χ3n) is 6.77.